The largest absolute Gasteiger partial charge is 0.379 e. The quantitative estimate of drug-likeness (QED) is 0.781. The summed E-state index contributed by atoms with van der Waals surface area (Å²) in [5.74, 6) is 0. The van der Waals surface area contributed by atoms with Crippen LogP contribution in [0.2, 0.25) is 0 Å². The van der Waals surface area contributed by atoms with Gasteiger partial charge in [0.15, 0.2) is 0 Å². The molecule has 0 aliphatic carbocycles. The average Bonchev–Trinajstić information content (AvgIpc) is 2.47. The standard InChI is InChI=1S/C16H23NOS/c1-13(14-5-7-15(19-4)8-6-14)16(2,3)17-9-11-18-12-10-17/h5-8H,1,9-12H2,2-4H3. The van der Waals surface area contributed by atoms with Crippen molar-refractivity contribution in [2.45, 2.75) is 24.3 Å². The Balaban J connectivity index is 2.15. The van der Waals surface area contributed by atoms with Gasteiger partial charge >= 0.3 is 0 Å². The van der Waals surface area contributed by atoms with Gasteiger partial charge in [0, 0.05) is 23.5 Å². The van der Waals surface area contributed by atoms with Crippen LogP contribution in [0.15, 0.2) is 35.7 Å². The lowest BCUT2D eigenvalue weighted by molar-refractivity contribution is 0.00761. The summed E-state index contributed by atoms with van der Waals surface area (Å²) in [6, 6.07) is 8.69. The van der Waals surface area contributed by atoms with E-state index in [0.29, 0.717) is 0 Å². The second-order valence-corrected chi connectivity index (χ2v) is 6.25. The van der Waals surface area contributed by atoms with Gasteiger partial charge in [0.2, 0.25) is 0 Å². The van der Waals surface area contributed by atoms with Crippen LogP contribution in [0, 0.1) is 0 Å². The van der Waals surface area contributed by atoms with Crippen molar-refractivity contribution in [1.29, 1.82) is 0 Å². The Morgan fingerprint density at radius 3 is 2.32 bits per heavy atom. The fourth-order valence-corrected chi connectivity index (χ4v) is 2.87. The second kappa shape index (κ2) is 6.12. The zero-order valence-electron chi connectivity index (χ0n) is 12.1. The Hall–Kier alpha value is -0.770. The number of nitrogens with zero attached hydrogens (tertiary/aromatic N) is 1. The molecule has 0 atom stereocenters. The van der Waals surface area contributed by atoms with E-state index in [1.807, 2.05) is 0 Å². The van der Waals surface area contributed by atoms with E-state index in [4.69, 9.17) is 4.74 Å². The molecule has 0 spiro atoms. The predicted octanol–water partition coefficient (Wildman–Crippen LogP) is 3.53. The number of ether oxygens (including phenoxy) is 1. The number of benzene rings is 1. The van der Waals surface area contributed by atoms with E-state index in [1.165, 1.54) is 16.0 Å². The molecule has 1 aliphatic rings. The van der Waals surface area contributed by atoms with Gasteiger partial charge in [0.1, 0.15) is 0 Å². The molecular formula is C16H23NOS. The molecule has 19 heavy (non-hydrogen) atoms. The van der Waals surface area contributed by atoms with Gasteiger partial charge in [-0.25, -0.2) is 0 Å². The van der Waals surface area contributed by atoms with E-state index in [1.54, 1.807) is 11.8 Å². The van der Waals surface area contributed by atoms with Gasteiger partial charge in [-0.15, -0.1) is 11.8 Å². The van der Waals surface area contributed by atoms with Crippen molar-refractivity contribution in [3.8, 4) is 0 Å². The molecule has 1 saturated heterocycles. The molecule has 1 heterocycles. The molecule has 104 valence electrons. The van der Waals surface area contributed by atoms with Crippen molar-refractivity contribution in [3.05, 3.63) is 36.4 Å². The molecule has 1 aromatic rings. The summed E-state index contributed by atoms with van der Waals surface area (Å²) in [6.07, 6.45) is 2.10. The first-order valence-corrected chi connectivity index (χ1v) is 7.95. The number of rotatable bonds is 4. The van der Waals surface area contributed by atoms with E-state index in [-0.39, 0.29) is 5.54 Å². The van der Waals surface area contributed by atoms with Gasteiger partial charge in [0.05, 0.1) is 13.2 Å². The van der Waals surface area contributed by atoms with Gasteiger partial charge in [-0.3, -0.25) is 4.90 Å². The maximum atomic E-state index is 5.44. The van der Waals surface area contributed by atoms with Crippen molar-refractivity contribution >= 4 is 17.3 Å². The highest BCUT2D eigenvalue weighted by molar-refractivity contribution is 7.98. The molecular weight excluding hydrogens is 254 g/mol. The van der Waals surface area contributed by atoms with Gasteiger partial charge in [-0.2, -0.15) is 0 Å². The summed E-state index contributed by atoms with van der Waals surface area (Å²) in [5, 5.41) is 0. The summed E-state index contributed by atoms with van der Waals surface area (Å²) in [5.41, 5.74) is 2.39. The smallest absolute Gasteiger partial charge is 0.0594 e. The van der Waals surface area contributed by atoms with Crippen LogP contribution in [-0.2, 0) is 4.74 Å². The third-order valence-electron chi connectivity index (χ3n) is 3.98. The molecule has 0 saturated carbocycles. The predicted molar refractivity (Wildman–Crippen MR) is 83.7 cm³/mol. The van der Waals surface area contributed by atoms with Crippen molar-refractivity contribution < 1.29 is 4.74 Å². The second-order valence-electron chi connectivity index (χ2n) is 5.37. The minimum atomic E-state index is -0.0232. The van der Waals surface area contributed by atoms with Gasteiger partial charge in [-0.05, 0) is 43.4 Å². The molecule has 2 nitrogen and oxygen atoms in total. The highest BCUT2D eigenvalue weighted by Gasteiger charge is 2.31. The lowest BCUT2D eigenvalue weighted by Crippen LogP contribution is -2.50. The molecule has 2 rings (SSSR count). The van der Waals surface area contributed by atoms with Crippen LogP contribution in [0.1, 0.15) is 19.4 Å². The molecule has 1 fully saturated rings. The molecule has 0 bridgehead atoms. The average molecular weight is 277 g/mol. The normalized spacial score (nSPS) is 17.4. The van der Waals surface area contributed by atoms with Crippen LogP contribution in [-0.4, -0.2) is 43.0 Å². The fourth-order valence-electron chi connectivity index (χ4n) is 2.46. The van der Waals surface area contributed by atoms with E-state index >= 15 is 0 Å². The van der Waals surface area contributed by atoms with E-state index in [9.17, 15) is 0 Å². The lowest BCUT2D eigenvalue weighted by Gasteiger charge is -2.42. The number of hydrogen-bond donors (Lipinski definition) is 0. The first-order valence-electron chi connectivity index (χ1n) is 6.72. The first-order chi connectivity index (χ1) is 9.05. The first kappa shape index (κ1) is 14.6. The Labute approximate surface area is 120 Å². The molecule has 0 amide bonds. The van der Waals surface area contributed by atoms with Crippen molar-refractivity contribution in [1.82, 2.24) is 4.90 Å². The minimum Gasteiger partial charge on any atom is -0.379 e. The zero-order valence-corrected chi connectivity index (χ0v) is 12.9. The molecule has 0 radical (unpaired) electrons. The Bertz CT molecular complexity index is 433. The number of thioether (sulfide) groups is 1. The Morgan fingerprint density at radius 1 is 1.21 bits per heavy atom. The van der Waals surface area contributed by atoms with E-state index in [0.717, 1.165) is 26.3 Å². The lowest BCUT2D eigenvalue weighted by atomic mass is 9.87. The Kier molecular flexibility index (Phi) is 4.71. The van der Waals surface area contributed by atoms with E-state index in [2.05, 4.69) is 55.8 Å². The van der Waals surface area contributed by atoms with Crippen molar-refractivity contribution in [2.75, 3.05) is 32.6 Å². The molecule has 1 aliphatic heterocycles. The SMILES string of the molecule is C=C(c1ccc(SC)cc1)C(C)(C)N1CCOCC1. The fraction of sp³-hybridized carbons (Fsp3) is 0.500. The highest BCUT2D eigenvalue weighted by atomic mass is 32.2. The van der Waals surface area contributed by atoms with Crippen LogP contribution < -0.4 is 0 Å². The van der Waals surface area contributed by atoms with Gasteiger partial charge in [0.25, 0.3) is 0 Å². The van der Waals surface area contributed by atoms with Crippen LogP contribution in [0.3, 0.4) is 0 Å². The van der Waals surface area contributed by atoms with Gasteiger partial charge < -0.3 is 4.74 Å². The maximum absolute atomic E-state index is 5.44. The highest BCUT2D eigenvalue weighted by Crippen LogP contribution is 2.32. The summed E-state index contributed by atoms with van der Waals surface area (Å²) in [7, 11) is 0. The molecule has 0 unspecified atom stereocenters. The van der Waals surface area contributed by atoms with Gasteiger partial charge in [-0.1, -0.05) is 18.7 Å². The van der Waals surface area contributed by atoms with Crippen molar-refractivity contribution in [2.24, 2.45) is 0 Å². The van der Waals surface area contributed by atoms with Crippen LogP contribution in [0.4, 0.5) is 0 Å². The zero-order chi connectivity index (χ0) is 13.9. The summed E-state index contributed by atoms with van der Waals surface area (Å²) in [6.45, 7) is 12.4. The summed E-state index contributed by atoms with van der Waals surface area (Å²) in [4.78, 5) is 3.75. The molecule has 1 aromatic carbocycles. The molecule has 0 aromatic heterocycles. The number of morpholine rings is 1. The monoisotopic (exact) mass is 277 g/mol. The third kappa shape index (κ3) is 3.22. The Morgan fingerprint density at radius 2 is 1.79 bits per heavy atom. The summed E-state index contributed by atoms with van der Waals surface area (Å²) < 4.78 is 5.44. The molecule has 3 heteroatoms. The minimum absolute atomic E-state index is 0.0232. The van der Waals surface area contributed by atoms with Crippen LogP contribution in [0.5, 0.6) is 0 Å². The topological polar surface area (TPSA) is 12.5 Å². The van der Waals surface area contributed by atoms with Crippen LogP contribution >= 0.6 is 11.8 Å². The maximum Gasteiger partial charge on any atom is 0.0594 e. The van der Waals surface area contributed by atoms with E-state index < -0.39 is 0 Å². The summed E-state index contributed by atoms with van der Waals surface area (Å²) >= 11 is 1.77. The third-order valence-corrected chi connectivity index (χ3v) is 4.72. The van der Waals surface area contributed by atoms with Crippen molar-refractivity contribution in [3.63, 3.8) is 0 Å². The van der Waals surface area contributed by atoms with Crippen LogP contribution in [0.25, 0.3) is 5.57 Å². The molecule has 0 N–H and O–H groups in total. The number of hydrogen-bond acceptors (Lipinski definition) is 3.